The normalized spacial score (nSPS) is 15.7. The zero-order chi connectivity index (χ0) is 19.6. The van der Waals surface area contributed by atoms with Gasteiger partial charge in [0.1, 0.15) is 16.7 Å². The van der Waals surface area contributed by atoms with E-state index in [9.17, 15) is 4.79 Å². The number of likely N-dealkylation sites (N-methyl/N-ethyl adjacent to an activating group) is 1. The van der Waals surface area contributed by atoms with Crippen LogP contribution in [-0.2, 0) is 11.4 Å². The van der Waals surface area contributed by atoms with Crippen LogP contribution in [0, 0.1) is 0 Å². The molecule has 140 valence electrons. The van der Waals surface area contributed by atoms with Crippen LogP contribution < -0.4 is 4.74 Å². The maximum atomic E-state index is 12.5. The Morgan fingerprint density at radius 3 is 2.59 bits per heavy atom. The lowest BCUT2D eigenvalue weighted by Gasteiger charge is -2.13. The van der Waals surface area contributed by atoms with E-state index in [2.05, 4.69) is 0 Å². The van der Waals surface area contributed by atoms with Gasteiger partial charge >= 0.3 is 0 Å². The van der Waals surface area contributed by atoms with E-state index < -0.39 is 0 Å². The summed E-state index contributed by atoms with van der Waals surface area (Å²) in [6, 6.07) is 10.7. The molecule has 0 N–H and O–H groups in total. The Kier molecular flexibility index (Phi) is 6.71. The van der Waals surface area contributed by atoms with Crippen LogP contribution in [0.15, 0.2) is 41.3 Å². The van der Waals surface area contributed by atoms with Gasteiger partial charge < -0.3 is 4.74 Å². The third kappa shape index (κ3) is 4.61. The van der Waals surface area contributed by atoms with E-state index in [0.29, 0.717) is 42.2 Å². The van der Waals surface area contributed by atoms with Gasteiger partial charge in [0.15, 0.2) is 0 Å². The van der Waals surface area contributed by atoms with E-state index in [4.69, 9.17) is 51.8 Å². The van der Waals surface area contributed by atoms with Crippen molar-refractivity contribution in [3.63, 3.8) is 0 Å². The van der Waals surface area contributed by atoms with Gasteiger partial charge in [0.05, 0.1) is 9.93 Å². The Hall–Kier alpha value is -1.24. The molecule has 0 saturated carbocycles. The minimum atomic E-state index is -0.138. The van der Waals surface area contributed by atoms with Gasteiger partial charge in [-0.3, -0.25) is 9.69 Å². The lowest BCUT2D eigenvalue weighted by atomic mass is 10.1. The minimum absolute atomic E-state index is 0.138. The number of carbonyl (C=O) groups is 1. The van der Waals surface area contributed by atoms with Gasteiger partial charge in [0.25, 0.3) is 5.91 Å². The summed E-state index contributed by atoms with van der Waals surface area (Å²) in [5, 5.41) is 1.40. The lowest BCUT2D eigenvalue weighted by Crippen LogP contribution is -2.27. The third-order valence-corrected chi connectivity index (χ3v) is 6.09. The second kappa shape index (κ2) is 8.84. The van der Waals surface area contributed by atoms with E-state index in [1.54, 1.807) is 29.2 Å². The highest BCUT2D eigenvalue weighted by atomic mass is 35.5. The Bertz CT molecular complexity index is 947. The van der Waals surface area contributed by atoms with Crippen molar-refractivity contribution in [3.05, 3.63) is 67.5 Å². The molecule has 1 heterocycles. The maximum Gasteiger partial charge on any atom is 0.266 e. The van der Waals surface area contributed by atoms with Crippen molar-refractivity contribution in [2.75, 3.05) is 6.54 Å². The van der Waals surface area contributed by atoms with Crippen molar-refractivity contribution >= 4 is 75.1 Å². The number of halogens is 3. The first-order valence-electron chi connectivity index (χ1n) is 8.01. The molecule has 1 fully saturated rings. The van der Waals surface area contributed by atoms with Gasteiger partial charge in [-0.25, -0.2) is 0 Å². The Morgan fingerprint density at radius 1 is 1.19 bits per heavy atom. The fraction of sp³-hybridized carbons (Fsp3) is 0.158. The van der Waals surface area contributed by atoms with Crippen LogP contribution in [0.2, 0.25) is 15.1 Å². The number of amides is 1. The molecular weight excluding hydrogens is 445 g/mol. The summed E-state index contributed by atoms with van der Waals surface area (Å²) in [4.78, 5) is 14.5. The summed E-state index contributed by atoms with van der Waals surface area (Å²) in [6.45, 7) is 2.63. The van der Waals surface area contributed by atoms with E-state index in [-0.39, 0.29) is 12.5 Å². The van der Waals surface area contributed by atoms with Crippen LogP contribution in [0.5, 0.6) is 5.75 Å². The van der Waals surface area contributed by atoms with Crippen LogP contribution in [0.1, 0.15) is 18.1 Å². The number of ether oxygens (including phenoxy) is 1. The number of hydrogen-bond donors (Lipinski definition) is 0. The van der Waals surface area contributed by atoms with Crippen LogP contribution >= 0.6 is 58.8 Å². The number of thioether (sulfide) groups is 1. The molecule has 1 aliphatic rings. The van der Waals surface area contributed by atoms with E-state index >= 15 is 0 Å². The monoisotopic (exact) mass is 457 g/mol. The average Bonchev–Trinajstić information content (AvgIpc) is 2.88. The summed E-state index contributed by atoms with van der Waals surface area (Å²) in [5.74, 6) is 0.295. The second-order valence-electron chi connectivity index (χ2n) is 5.61. The van der Waals surface area contributed by atoms with Crippen molar-refractivity contribution in [2.45, 2.75) is 13.5 Å². The van der Waals surface area contributed by atoms with E-state index in [1.165, 1.54) is 11.8 Å². The summed E-state index contributed by atoms with van der Waals surface area (Å²) >= 11 is 25.2. The summed E-state index contributed by atoms with van der Waals surface area (Å²) in [7, 11) is 0. The largest absolute Gasteiger partial charge is 0.487 e. The van der Waals surface area contributed by atoms with Gasteiger partial charge in [0.2, 0.25) is 0 Å². The highest BCUT2D eigenvalue weighted by Crippen LogP contribution is 2.38. The maximum absolute atomic E-state index is 12.5. The van der Waals surface area contributed by atoms with Crippen LogP contribution in [-0.4, -0.2) is 21.7 Å². The molecule has 0 atom stereocenters. The van der Waals surface area contributed by atoms with Crippen LogP contribution in [0.3, 0.4) is 0 Å². The number of carbonyl (C=O) groups excluding carboxylic acids is 1. The highest BCUT2D eigenvalue weighted by molar-refractivity contribution is 8.26. The lowest BCUT2D eigenvalue weighted by molar-refractivity contribution is -0.121. The number of benzene rings is 2. The molecule has 27 heavy (non-hydrogen) atoms. The molecule has 2 aromatic rings. The van der Waals surface area contributed by atoms with Crippen molar-refractivity contribution in [2.24, 2.45) is 0 Å². The first-order valence-corrected chi connectivity index (χ1v) is 10.4. The molecule has 0 aliphatic carbocycles. The fourth-order valence-electron chi connectivity index (χ4n) is 2.52. The first-order chi connectivity index (χ1) is 12.9. The topological polar surface area (TPSA) is 29.5 Å². The van der Waals surface area contributed by atoms with Crippen molar-refractivity contribution in [3.8, 4) is 5.75 Å². The van der Waals surface area contributed by atoms with Crippen molar-refractivity contribution in [1.29, 1.82) is 0 Å². The van der Waals surface area contributed by atoms with E-state index in [1.807, 2.05) is 25.1 Å². The van der Waals surface area contributed by atoms with Crippen LogP contribution in [0.25, 0.3) is 6.08 Å². The standard InChI is InChI=1S/C19H14Cl3NO2S2/c1-2-23-18(24)16(27-19(23)26)8-12-7-13(20)9-15(22)17(12)25-10-11-5-3-4-6-14(11)21/h3-9H,2,10H2,1H3. The zero-order valence-electron chi connectivity index (χ0n) is 14.2. The Morgan fingerprint density at radius 2 is 1.93 bits per heavy atom. The molecular formula is C19H14Cl3NO2S2. The predicted octanol–water partition coefficient (Wildman–Crippen LogP) is 6.45. The average molecular weight is 459 g/mol. The quantitative estimate of drug-likeness (QED) is 0.380. The van der Waals surface area contributed by atoms with Gasteiger partial charge in [-0.1, -0.05) is 77.0 Å². The molecule has 1 saturated heterocycles. The summed E-state index contributed by atoms with van der Waals surface area (Å²) in [6.07, 6.45) is 1.70. The smallest absolute Gasteiger partial charge is 0.266 e. The molecule has 0 unspecified atom stereocenters. The highest BCUT2D eigenvalue weighted by Gasteiger charge is 2.31. The first kappa shape index (κ1) is 20.5. The zero-order valence-corrected chi connectivity index (χ0v) is 18.1. The predicted molar refractivity (Wildman–Crippen MR) is 118 cm³/mol. The van der Waals surface area contributed by atoms with Crippen molar-refractivity contribution in [1.82, 2.24) is 4.90 Å². The van der Waals surface area contributed by atoms with Crippen LogP contribution in [0.4, 0.5) is 0 Å². The number of rotatable bonds is 5. The molecule has 0 bridgehead atoms. The molecule has 3 nitrogen and oxygen atoms in total. The molecule has 0 spiro atoms. The number of hydrogen-bond acceptors (Lipinski definition) is 4. The Labute approximate surface area is 182 Å². The molecule has 0 radical (unpaired) electrons. The second-order valence-corrected chi connectivity index (χ2v) is 8.54. The molecule has 0 aromatic heterocycles. The third-order valence-electron chi connectivity index (χ3n) is 3.84. The molecule has 1 amide bonds. The summed E-state index contributed by atoms with van der Waals surface area (Å²) < 4.78 is 6.46. The molecule has 1 aliphatic heterocycles. The fourth-order valence-corrected chi connectivity index (χ4v) is 4.65. The number of thiocarbonyl (C=S) groups is 1. The van der Waals surface area contributed by atoms with E-state index in [0.717, 1.165) is 5.56 Å². The van der Waals surface area contributed by atoms with Gasteiger partial charge in [-0.05, 0) is 31.2 Å². The number of nitrogens with zero attached hydrogens (tertiary/aromatic N) is 1. The Balaban J connectivity index is 1.94. The van der Waals surface area contributed by atoms with Gasteiger partial charge in [0, 0.05) is 27.7 Å². The molecule has 8 heteroatoms. The minimum Gasteiger partial charge on any atom is -0.487 e. The summed E-state index contributed by atoms with van der Waals surface area (Å²) in [5.41, 5.74) is 1.43. The van der Waals surface area contributed by atoms with Gasteiger partial charge in [-0.2, -0.15) is 0 Å². The van der Waals surface area contributed by atoms with Crippen molar-refractivity contribution < 1.29 is 9.53 Å². The van der Waals surface area contributed by atoms with Gasteiger partial charge in [-0.15, -0.1) is 0 Å². The SMILES string of the molecule is CCN1C(=O)C(=Cc2cc(Cl)cc(Cl)c2OCc2ccccc2Cl)SC1=S. The molecule has 2 aromatic carbocycles. The molecule has 3 rings (SSSR count).